The summed E-state index contributed by atoms with van der Waals surface area (Å²) in [7, 11) is 0. The highest BCUT2D eigenvalue weighted by atomic mass is 16.4. The molecule has 1 atom stereocenters. The first-order valence-corrected chi connectivity index (χ1v) is 3.58. The third-order valence-electron chi connectivity index (χ3n) is 2.18. The number of nitrogens with zero attached hydrogens (tertiary/aromatic N) is 1. The molecule has 0 aromatic carbocycles. The van der Waals surface area contributed by atoms with Gasteiger partial charge in [-0.2, -0.15) is 0 Å². The second-order valence-corrected chi connectivity index (χ2v) is 2.96. The minimum Gasteiger partial charge on any atom is -0.465 e. The van der Waals surface area contributed by atoms with Crippen LogP contribution in [0.25, 0.3) is 0 Å². The second-order valence-electron chi connectivity index (χ2n) is 2.96. The second kappa shape index (κ2) is 2.46. The van der Waals surface area contributed by atoms with Crippen molar-refractivity contribution in [3.8, 4) is 12.3 Å². The third kappa shape index (κ3) is 1.16. The fourth-order valence-electron chi connectivity index (χ4n) is 1.42. The molecule has 3 nitrogen and oxygen atoms in total. The van der Waals surface area contributed by atoms with Gasteiger partial charge in [0, 0.05) is 6.54 Å². The molecule has 0 unspecified atom stereocenters. The van der Waals surface area contributed by atoms with Crippen LogP contribution in [0.4, 0.5) is 4.79 Å². The van der Waals surface area contributed by atoms with E-state index in [4.69, 9.17) is 11.5 Å². The molecule has 1 N–H and O–H groups in total. The van der Waals surface area contributed by atoms with Gasteiger partial charge in [-0.1, -0.05) is 5.92 Å². The topological polar surface area (TPSA) is 40.5 Å². The molecular weight excluding hydrogens is 142 g/mol. The van der Waals surface area contributed by atoms with Crippen molar-refractivity contribution >= 4 is 6.09 Å². The van der Waals surface area contributed by atoms with Crippen LogP contribution in [0.1, 0.15) is 19.8 Å². The first kappa shape index (κ1) is 7.93. The van der Waals surface area contributed by atoms with Crippen LogP contribution in [0, 0.1) is 12.3 Å². The van der Waals surface area contributed by atoms with Gasteiger partial charge in [0.05, 0.1) is 0 Å². The molecule has 1 fully saturated rings. The highest BCUT2D eigenvalue weighted by Gasteiger charge is 2.37. The van der Waals surface area contributed by atoms with E-state index in [-0.39, 0.29) is 0 Å². The fraction of sp³-hybridized carbons (Fsp3) is 0.625. The standard InChI is InChI=1S/C8H11NO2/c1-3-8(2)5-4-6-9(8)7(10)11/h1H,4-6H2,2H3,(H,10,11)/t8-/m0/s1. The molecular formula is C8H11NO2. The van der Waals surface area contributed by atoms with Crippen molar-refractivity contribution in [1.29, 1.82) is 0 Å². The van der Waals surface area contributed by atoms with E-state index in [1.807, 2.05) is 0 Å². The summed E-state index contributed by atoms with van der Waals surface area (Å²) in [5.74, 6) is 2.52. The lowest BCUT2D eigenvalue weighted by Gasteiger charge is -2.27. The van der Waals surface area contributed by atoms with Crippen molar-refractivity contribution in [3.05, 3.63) is 0 Å². The minimum atomic E-state index is -0.914. The van der Waals surface area contributed by atoms with Gasteiger partial charge in [-0.25, -0.2) is 4.79 Å². The van der Waals surface area contributed by atoms with Crippen LogP contribution < -0.4 is 0 Å². The number of rotatable bonds is 0. The highest BCUT2D eigenvalue weighted by Crippen LogP contribution is 2.27. The average Bonchev–Trinajstić information content (AvgIpc) is 2.32. The van der Waals surface area contributed by atoms with Crippen molar-refractivity contribution in [1.82, 2.24) is 4.90 Å². The van der Waals surface area contributed by atoms with E-state index in [2.05, 4.69) is 5.92 Å². The summed E-state index contributed by atoms with van der Waals surface area (Å²) >= 11 is 0. The Morgan fingerprint density at radius 3 is 2.82 bits per heavy atom. The Bertz CT molecular complexity index is 219. The molecule has 0 aromatic rings. The van der Waals surface area contributed by atoms with Crippen LogP contribution in [0.2, 0.25) is 0 Å². The molecule has 1 rings (SSSR count). The number of likely N-dealkylation sites (tertiary alicyclic amines) is 1. The first-order chi connectivity index (χ1) is 5.10. The zero-order valence-electron chi connectivity index (χ0n) is 6.50. The zero-order valence-corrected chi connectivity index (χ0v) is 6.50. The lowest BCUT2D eigenvalue weighted by molar-refractivity contribution is 0.129. The molecule has 1 aliphatic rings. The molecule has 1 amide bonds. The van der Waals surface area contributed by atoms with Crippen LogP contribution in [0.3, 0.4) is 0 Å². The van der Waals surface area contributed by atoms with Gasteiger partial charge in [0.2, 0.25) is 0 Å². The van der Waals surface area contributed by atoms with Gasteiger partial charge in [-0.15, -0.1) is 6.42 Å². The van der Waals surface area contributed by atoms with Gasteiger partial charge in [-0.3, -0.25) is 4.90 Å². The Morgan fingerprint density at radius 1 is 1.82 bits per heavy atom. The first-order valence-electron chi connectivity index (χ1n) is 3.58. The Labute approximate surface area is 66.0 Å². The average molecular weight is 153 g/mol. The van der Waals surface area contributed by atoms with E-state index in [1.165, 1.54) is 4.90 Å². The Morgan fingerprint density at radius 2 is 2.45 bits per heavy atom. The number of carbonyl (C=O) groups is 1. The maximum Gasteiger partial charge on any atom is 0.408 e. The normalized spacial score (nSPS) is 30.0. The summed E-state index contributed by atoms with van der Waals surface area (Å²) in [6.07, 6.45) is 5.97. The maximum atomic E-state index is 10.6. The highest BCUT2D eigenvalue weighted by molar-refractivity contribution is 5.67. The SMILES string of the molecule is C#C[C@@]1(C)CCCN1C(=O)O. The van der Waals surface area contributed by atoms with Gasteiger partial charge >= 0.3 is 6.09 Å². The molecule has 0 radical (unpaired) electrons. The Hall–Kier alpha value is -1.17. The number of hydrogen-bond acceptors (Lipinski definition) is 1. The van der Waals surface area contributed by atoms with E-state index in [1.54, 1.807) is 6.92 Å². The van der Waals surface area contributed by atoms with Crippen molar-refractivity contribution in [2.45, 2.75) is 25.3 Å². The maximum absolute atomic E-state index is 10.6. The van der Waals surface area contributed by atoms with Crippen molar-refractivity contribution in [3.63, 3.8) is 0 Å². The van der Waals surface area contributed by atoms with Gasteiger partial charge in [0.1, 0.15) is 5.54 Å². The molecule has 1 heterocycles. The van der Waals surface area contributed by atoms with E-state index in [0.717, 1.165) is 12.8 Å². The largest absolute Gasteiger partial charge is 0.465 e. The molecule has 11 heavy (non-hydrogen) atoms. The lowest BCUT2D eigenvalue weighted by Crippen LogP contribution is -2.43. The van der Waals surface area contributed by atoms with E-state index < -0.39 is 11.6 Å². The molecule has 0 bridgehead atoms. The minimum absolute atomic E-state index is 0.564. The summed E-state index contributed by atoms with van der Waals surface area (Å²) < 4.78 is 0. The van der Waals surface area contributed by atoms with Gasteiger partial charge < -0.3 is 5.11 Å². The zero-order chi connectivity index (χ0) is 8.48. The van der Waals surface area contributed by atoms with Crippen molar-refractivity contribution < 1.29 is 9.90 Å². The predicted molar refractivity (Wildman–Crippen MR) is 41.2 cm³/mol. The van der Waals surface area contributed by atoms with E-state index in [9.17, 15) is 4.79 Å². The summed E-state index contributed by atoms with van der Waals surface area (Å²) in [6, 6.07) is 0. The van der Waals surface area contributed by atoms with Gasteiger partial charge in [0.15, 0.2) is 0 Å². The predicted octanol–water partition coefficient (Wildman–Crippen LogP) is 1.15. The molecule has 0 aliphatic carbocycles. The van der Waals surface area contributed by atoms with Crippen LogP contribution in [-0.4, -0.2) is 28.2 Å². The van der Waals surface area contributed by atoms with E-state index >= 15 is 0 Å². The van der Waals surface area contributed by atoms with Crippen LogP contribution in [-0.2, 0) is 0 Å². The number of carboxylic acid groups (broad SMARTS) is 1. The van der Waals surface area contributed by atoms with E-state index in [0.29, 0.717) is 6.54 Å². The molecule has 1 aliphatic heterocycles. The lowest BCUT2D eigenvalue weighted by atomic mass is 10.0. The molecule has 0 spiro atoms. The van der Waals surface area contributed by atoms with Gasteiger partial charge in [-0.05, 0) is 19.8 Å². The number of hydrogen-bond donors (Lipinski definition) is 1. The van der Waals surface area contributed by atoms with Crippen molar-refractivity contribution in [2.24, 2.45) is 0 Å². The smallest absolute Gasteiger partial charge is 0.408 e. The summed E-state index contributed by atoms with van der Waals surface area (Å²) in [5.41, 5.74) is -0.564. The molecule has 3 heteroatoms. The summed E-state index contributed by atoms with van der Waals surface area (Å²) in [5, 5.41) is 8.71. The van der Waals surface area contributed by atoms with Crippen LogP contribution in [0.15, 0.2) is 0 Å². The summed E-state index contributed by atoms with van der Waals surface area (Å²) in [4.78, 5) is 11.9. The monoisotopic (exact) mass is 153 g/mol. The molecule has 60 valence electrons. The Balaban J connectivity index is 2.82. The van der Waals surface area contributed by atoms with Crippen LogP contribution in [0.5, 0.6) is 0 Å². The number of amides is 1. The summed E-state index contributed by atoms with van der Waals surface area (Å²) in [6.45, 7) is 2.35. The van der Waals surface area contributed by atoms with Crippen molar-refractivity contribution in [2.75, 3.05) is 6.54 Å². The Kier molecular flexibility index (Phi) is 1.77. The molecule has 1 saturated heterocycles. The molecule has 0 aromatic heterocycles. The van der Waals surface area contributed by atoms with Crippen LogP contribution >= 0.6 is 0 Å². The third-order valence-corrected chi connectivity index (χ3v) is 2.18. The quantitative estimate of drug-likeness (QED) is 0.530. The van der Waals surface area contributed by atoms with Gasteiger partial charge in [0.25, 0.3) is 0 Å². The number of terminal acetylenes is 1. The fourth-order valence-corrected chi connectivity index (χ4v) is 1.42. The molecule has 0 saturated carbocycles.